The first kappa shape index (κ1) is 36.2. The van der Waals surface area contributed by atoms with Crippen molar-refractivity contribution in [3.8, 4) is 0 Å². The molecule has 0 bridgehead atoms. The van der Waals surface area contributed by atoms with Crippen LogP contribution in [-0.2, 0) is 21.9 Å². The molecule has 0 heterocycles. The van der Waals surface area contributed by atoms with E-state index in [4.69, 9.17) is 12.3 Å². The van der Waals surface area contributed by atoms with Crippen LogP contribution in [0.5, 0.6) is 0 Å². The molecule has 0 N–H and O–H groups in total. The summed E-state index contributed by atoms with van der Waals surface area (Å²) in [5.41, 5.74) is 0. The molecule has 6 nitrogen and oxygen atoms in total. The Morgan fingerprint density at radius 2 is 0.861 bits per heavy atom. The van der Waals surface area contributed by atoms with Crippen LogP contribution in [-0.4, -0.2) is 68.1 Å². The maximum absolute atomic E-state index is 12.0. The van der Waals surface area contributed by atoms with Crippen LogP contribution in [0.4, 0.5) is 0 Å². The van der Waals surface area contributed by atoms with Crippen LogP contribution in [0.1, 0.15) is 143 Å². The Labute approximate surface area is 244 Å². The van der Waals surface area contributed by atoms with Gasteiger partial charge in [-0.3, -0.25) is 0 Å². The van der Waals surface area contributed by atoms with Gasteiger partial charge in [-0.25, -0.2) is 0 Å². The monoisotopic (exact) mass is 724 g/mol. The molecule has 0 aliphatic heterocycles. The van der Waals surface area contributed by atoms with E-state index in [-0.39, 0.29) is 12.2 Å². The molecule has 0 rings (SSSR count). The Hall–Kier alpha value is 0.197. The van der Waals surface area contributed by atoms with Crippen molar-refractivity contribution >= 4 is 55.9 Å². The number of carbonyl (C=O) groups excluding carboxylic acids is 2. The molecule has 0 aromatic heterocycles. The van der Waals surface area contributed by atoms with Gasteiger partial charge in [-0.2, -0.15) is 0 Å². The topological polar surface area (TPSA) is 71.1 Å². The molecular weight excluding hydrogens is 670 g/mol. The molecule has 2 atom stereocenters. The second-order valence-corrected chi connectivity index (χ2v) is 13.0. The predicted octanol–water partition coefficient (Wildman–Crippen LogP) is 7.57. The maximum atomic E-state index is 12.0. The minimum absolute atomic E-state index is 0.191. The van der Waals surface area contributed by atoms with E-state index >= 15 is 0 Å². The summed E-state index contributed by atoms with van der Waals surface area (Å²) in [4.78, 5) is 24.0. The van der Waals surface area contributed by atoms with Gasteiger partial charge in [0.05, 0.1) is 0 Å². The van der Waals surface area contributed by atoms with E-state index in [1.807, 2.05) is 0 Å². The van der Waals surface area contributed by atoms with Gasteiger partial charge in [0.1, 0.15) is 0 Å². The second kappa shape index (κ2) is 28.2. The summed E-state index contributed by atoms with van der Waals surface area (Å²) in [5, 5.41) is 0. The molecule has 36 heavy (non-hydrogen) atoms. The van der Waals surface area contributed by atoms with E-state index in [1.165, 1.54) is 64.2 Å². The van der Waals surface area contributed by atoms with Crippen molar-refractivity contribution in [1.29, 1.82) is 0 Å². The van der Waals surface area contributed by atoms with E-state index in [1.54, 1.807) is 0 Å². The fourth-order valence-corrected chi connectivity index (χ4v) is 7.06. The van der Waals surface area contributed by atoms with Crippen molar-refractivity contribution in [2.75, 3.05) is 0 Å². The standard InChI is InChI=1S/2C12H25O.C4H4O4.2Sn/c2*1-3-5-7-8-9-11-12(13)10-6-4-2;5-3(6)1-2-4(7)8;;/h2*12H,3-11H2,1-2H3;1-2H,(H,5,6)(H,7,8);;/q2*-1;;2*+2/p-2/b;;2-1-;;. The summed E-state index contributed by atoms with van der Waals surface area (Å²) in [6.07, 6.45) is 23.8. The third kappa shape index (κ3) is 24.5. The van der Waals surface area contributed by atoms with Crippen molar-refractivity contribution in [2.24, 2.45) is 0 Å². The SMILES string of the molecule is CCCCCCCC(CCCC)[O][Sn][O]C(=O)/C=C\C(=O)[O][Sn][O]C(CCCC)CCCCCCC. The van der Waals surface area contributed by atoms with Gasteiger partial charge in [-0.1, -0.05) is 0 Å². The Morgan fingerprint density at radius 1 is 0.528 bits per heavy atom. The van der Waals surface area contributed by atoms with E-state index in [0.29, 0.717) is 0 Å². The summed E-state index contributed by atoms with van der Waals surface area (Å²) in [5.74, 6) is -1.04. The van der Waals surface area contributed by atoms with Gasteiger partial charge in [0, 0.05) is 0 Å². The van der Waals surface area contributed by atoms with Crippen LogP contribution < -0.4 is 0 Å². The molecule has 0 aromatic carbocycles. The summed E-state index contributed by atoms with van der Waals surface area (Å²) >= 11 is -3.43. The predicted molar refractivity (Wildman–Crippen MR) is 148 cm³/mol. The number of rotatable bonds is 26. The van der Waals surface area contributed by atoms with Crippen LogP contribution in [0.15, 0.2) is 12.2 Å². The van der Waals surface area contributed by atoms with Gasteiger partial charge in [0.2, 0.25) is 0 Å². The molecular formula is C28H52O6Sn2. The Balaban J connectivity index is 4.18. The van der Waals surface area contributed by atoms with E-state index in [2.05, 4.69) is 27.7 Å². The van der Waals surface area contributed by atoms with E-state index in [9.17, 15) is 9.59 Å². The van der Waals surface area contributed by atoms with Gasteiger partial charge in [-0.05, 0) is 0 Å². The van der Waals surface area contributed by atoms with Gasteiger partial charge < -0.3 is 0 Å². The van der Waals surface area contributed by atoms with Crippen molar-refractivity contribution in [3.63, 3.8) is 0 Å². The van der Waals surface area contributed by atoms with Gasteiger partial charge >= 0.3 is 245 Å². The van der Waals surface area contributed by atoms with Gasteiger partial charge in [0.25, 0.3) is 0 Å². The van der Waals surface area contributed by atoms with Crippen LogP contribution in [0.3, 0.4) is 0 Å². The Kier molecular flexibility index (Phi) is 28.4. The van der Waals surface area contributed by atoms with Crippen molar-refractivity contribution in [2.45, 2.75) is 155 Å². The summed E-state index contributed by atoms with van der Waals surface area (Å²) in [6, 6.07) is 0. The fraction of sp³-hybridized carbons (Fsp3) is 0.857. The van der Waals surface area contributed by atoms with Crippen LogP contribution in [0, 0.1) is 0 Å². The molecule has 0 fully saturated rings. The second-order valence-electron chi connectivity index (χ2n) is 9.51. The molecule has 2 unspecified atom stereocenters. The summed E-state index contributed by atoms with van der Waals surface area (Å²) < 4.78 is 22.5. The molecule has 0 aromatic rings. The van der Waals surface area contributed by atoms with Crippen LogP contribution in [0.25, 0.3) is 0 Å². The molecule has 0 amide bonds. The molecule has 4 radical (unpaired) electrons. The average molecular weight is 722 g/mol. The number of unbranched alkanes of at least 4 members (excludes halogenated alkanes) is 10. The average Bonchev–Trinajstić information content (AvgIpc) is 2.88. The number of hydrogen-bond donors (Lipinski definition) is 0. The summed E-state index contributed by atoms with van der Waals surface area (Å²) in [7, 11) is 0. The number of hydrogen-bond acceptors (Lipinski definition) is 6. The molecule has 208 valence electrons. The Bertz CT molecular complexity index is 498. The quantitative estimate of drug-likeness (QED) is 0.0522. The minimum atomic E-state index is -1.71. The zero-order valence-corrected chi connectivity index (χ0v) is 29.2. The first-order chi connectivity index (χ1) is 17.6. The molecule has 0 saturated heterocycles. The van der Waals surface area contributed by atoms with Crippen LogP contribution in [0.2, 0.25) is 0 Å². The molecule has 0 aliphatic carbocycles. The normalized spacial score (nSPS) is 13.1. The third-order valence-corrected chi connectivity index (χ3v) is 10.2. The number of carbonyl (C=O) groups is 2. The van der Waals surface area contributed by atoms with Crippen molar-refractivity contribution in [1.82, 2.24) is 0 Å². The Morgan fingerprint density at radius 3 is 1.22 bits per heavy atom. The van der Waals surface area contributed by atoms with Gasteiger partial charge in [0.15, 0.2) is 0 Å². The molecule has 0 spiro atoms. The van der Waals surface area contributed by atoms with Gasteiger partial charge in [-0.15, -0.1) is 0 Å². The third-order valence-electron chi connectivity index (χ3n) is 6.09. The van der Waals surface area contributed by atoms with Crippen molar-refractivity contribution in [3.05, 3.63) is 12.2 Å². The molecule has 0 saturated carbocycles. The van der Waals surface area contributed by atoms with Crippen LogP contribution >= 0.6 is 0 Å². The molecule has 8 heteroatoms. The first-order valence-electron chi connectivity index (χ1n) is 14.5. The zero-order chi connectivity index (χ0) is 26.7. The van der Waals surface area contributed by atoms with E-state index in [0.717, 1.165) is 63.5 Å². The zero-order valence-electron chi connectivity index (χ0n) is 23.5. The molecule has 0 aliphatic rings. The van der Waals surface area contributed by atoms with E-state index < -0.39 is 55.9 Å². The first-order valence-corrected chi connectivity index (χ1v) is 19.1. The summed E-state index contributed by atoms with van der Waals surface area (Å²) in [6.45, 7) is 8.80. The fourth-order valence-electron chi connectivity index (χ4n) is 3.81. The van der Waals surface area contributed by atoms with Crippen molar-refractivity contribution < 1.29 is 21.9 Å².